The molecule has 1 heterocycles. The van der Waals surface area contributed by atoms with E-state index < -0.39 is 0 Å². The summed E-state index contributed by atoms with van der Waals surface area (Å²) in [6, 6.07) is 17.6. The summed E-state index contributed by atoms with van der Waals surface area (Å²) in [4.78, 5) is 24.3. The molecule has 0 radical (unpaired) electrons. The largest absolute Gasteiger partial charge is 0.346 e. The van der Waals surface area contributed by atoms with Gasteiger partial charge in [-0.05, 0) is 30.2 Å². The highest BCUT2D eigenvalue weighted by atomic mass is 16.2. The number of amides is 2. The molecule has 6 nitrogen and oxygen atoms in total. The van der Waals surface area contributed by atoms with Crippen LogP contribution in [0.4, 0.5) is 5.69 Å². The standard InChI is InChI=1S/C24H24N4O2/c1-2-18-8-3-5-10-21(18)27-24(30)16-26-23(29)13-12-19-17-28(15-7-14-25)22-11-6-4-9-20(19)22/h3-6,8-13,17H,2,7,15-16H2,1H3,(H,26,29)(H,27,30)/b13-12+. The lowest BCUT2D eigenvalue weighted by Crippen LogP contribution is -2.31. The molecule has 3 rings (SSSR count). The number of anilines is 1. The molecule has 0 unspecified atom stereocenters. The van der Waals surface area contributed by atoms with Gasteiger partial charge in [0.2, 0.25) is 11.8 Å². The third kappa shape index (κ3) is 5.15. The number of hydrogen-bond donors (Lipinski definition) is 2. The van der Waals surface area contributed by atoms with E-state index in [9.17, 15) is 9.59 Å². The zero-order chi connectivity index (χ0) is 21.3. The van der Waals surface area contributed by atoms with Gasteiger partial charge in [-0.1, -0.05) is 43.3 Å². The lowest BCUT2D eigenvalue weighted by molar-refractivity contribution is -0.121. The maximum atomic E-state index is 12.2. The van der Waals surface area contributed by atoms with Crippen LogP contribution in [-0.4, -0.2) is 22.9 Å². The first-order valence-corrected chi connectivity index (χ1v) is 9.91. The molecule has 6 heteroatoms. The van der Waals surface area contributed by atoms with Gasteiger partial charge in [-0.2, -0.15) is 5.26 Å². The lowest BCUT2D eigenvalue weighted by Gasteiger charge is -2.09. The Morgan fingerprint density at radius 2 is 1.90 bits per heavy atom. The van der Waals surface area contributed by atoms with Crippen molar-refractivity contribution in [2.24, 2.45) is 0 Å². The Kier molecular flexibility index (Phi) is 7.01. The molecule has 0 aliphatic carbocycles. The number of benzene rings is 2. The highest BCUT2D eigenvalue weighted by Gasteiger charge is 2.08. The van der Waals surface area contributed by atoms with Crippen molar-refractivity contribution in [1.82, 2.24) is 9.88 Å². The van der Waals surface area contributed by atoms with Crippen LogP contribution in [0.25, 0.3) is 17.0 Å². The molecule has 0 fully saturated rings. The summed E-state index contributed by atoms with van der Waals surface area (Å²) in [5, 5.41) is 15.3. The van der Waals surface area contributed by atoms with Crippen LogP contribution >= 0.6 is 0 Å². The van der Waals surface area contributed by atoms with Gasteiger partial charge in [-0.25, -0.2) is 0 Å². The maximum absolute atomic E-state index is 12.2. The second-order valence-corrected chi connectivity index (χ2v) is 6.81. The molecule has 0 saturated heterocycles. The van der Waals surface area contributed by atoms with Crippen molar-refractivity contribution in [3.63, 3.8) is 0 Å². The van der Waals surface area contributed by atoms with Crippen molar-refractivity contribution < 1.29 is 9.59 Å². The van der Waals surface area contributed by atoms with E-state index in [-0.39, 0.29) is 18.4 Å². The summed E-state index contributed by atoms with van der Waals surface area (Å²) in [5.41, 5.74) is 3.71. The Morgan fingerprint density at radius 3 is 2.70 bits per heavy atom. The van der Waals surface area contributed by atoms with Crippen LogP contribution in [0.5, 0.6) is 0 Å². The normalized spacial score (nSPS) is 10.8. The fraction of sp³-hybridized carbons (Fsp3) is 0.208. The quantitative estimate of drug-likeness (QED) is 0.563. The van der Waals surface area contributed by atoms with Gasteiger partial charge in [-0.3, -0.25) is 9.59 Å². The third-order valence-corrected chi connectivity index (χ3v) is 4.79. The molecule has 0 aliphatic rings. The Bertz CT molecular complexity index is 1120. The first-order chi connectivity index (χ1) is 14.6. The van der Waals surface area contributed by atoms with Crippen molar-refractivity contribution in [3.05, 3.63) is 71.9 Å². The molecule has 2 N–H and O–H groups in total. The van der Waals surface area contributed by atoms with Crippen molar-refractivity contribution in [2.75, 3.05) is 11.9 Å². The number of nitrogens with zero attached hydrogens (tertiary/aromatic N) is 2. The summed E-state index contributed by atoms with van der Waals surface area (Å²) in [6.45, 7) is 2.51. The van der Waals surface area contributed by atoms with Crippen LogP contribution in [0.3, 0.4) is 0 Å². The number of rotatable bonds is 8. The van der Waals surface area contributed by atoms with Crippen LogP contribution in [0, 0.1) is 11.3 Å². The molecule has 2 aromatic carbocycles. The summed E-state index contributed by atoms with van der Waals surface area (Å²) in [6.07, 6.45) is 6.31. The van der Waals surface area contributed by atoms with Crippen molar-refractivity contribution in [2.45, 2.75) is 26.3 Å². The molecule has 0 atom stereocenters. The van der Waals surface area contributed by atoms with E-state index >= 15 is 0 Å². The van der Waals surface area contributed by atoms with Crippen LogP contribution in [0.15, 0.2) is 60.8 Å². The van der Waals surface area contributed by atoms with E-state index in [1.165, 1.54) is 6.08 Å². The third-order valence-electron chi connectivity index (χ3n) is 4.79. The highest BCUT2D eigenvalue weighted by molar-refractivity contribution is 5.99. The van der Waals surface area contributed by atoms with Crippen LogP contribution in [-0.2, 0) is 22.6 Å². The molecule has 2 amide bonds. The van der Waals surface area contributed by atoms with E-state index in [4.69, 9.17) is 5.26 Å². The number of carbonyl (C=O) groups is 2. The van der Waals surface area contributed by atoms with Gasteiger partial charge in [0.15, 0.2) is 0 Å². The Morgan fingerprint density at radius 1 is 1.13 bits per heavy atom. The maximum Gasteiger partial charge on any atom is 0.244 e. The Balaban J connectivity index is 1.61. The molecule has 0 bridgehead atoms. The number of para-hydroxylation sites is 2. The number of fused-ring (bicyclic) bond motifs is 1. The van der Waals surface area contributed by atoms with Crippen LogP contribution in [0.1, 0.15) is 24.5 Å². The second-order valence-electron chi connectivity index (χ2n) is 6.81. The van der Waals surface area contributed by atoms with Crippen molar-refractivity contribution in [1.29, 1.82) is 5.26 Å². The van der Waals surface area contributed by atoms with Crippen molar-refractivity contribution in [3.8, 4) is 6.07 Å². The number of hydrogen-bond acceptors (Lipinski definition) is 3. The van der Waals surface area contributed by atoms with Gasteiger partial charge >= 0.3 is 0 Å². The topological polar surface area (TPSA) is 86.9 Å². The average Bonchev–Trinajstić information content (AvgIpc) is 3.13. The molecule has 0 saturated carbocycles. The first-order valence-electron chi connectivity index (χ1n) is 9.91. The van der Waals surface area contributed by atoms with Crippen LogP contribution < -0.4 is 10.6 Å². The van der Waals surface area contributed by atoms with Gasteiger partial charge in [0.25, 0.3) is 0 Å². The molecular weight excluding hydrogens is 376 g/mol. The summed E-state index contributed by atoms with van der Waals surface area (Å²) in [7, 11) is 0. The predicted molar refractivity (Wildman–Crippen MR) is 119 cm³/mol. The van der Waals surface area contributed by atoms with Gasteiger partial charge < -0.3 is 15.2 Å². The van der Waals surface area contributed by atoms with Gasteiger partial charge in [0.1, 0.15) is 0 Å². The minimum Gasteiger partial charge on any atom is -0.346 e. The summed E-state index contributed by atoms with van der Waals surface area (Å²) >= 11 is 0. The molecular formula is C24H24N4O2. The lowest BCUT2D eigenvalue weighted by atomic mass is 10.1. The average molecular weight is 400 g/mol. The van der Waals surface area contributed by atoms with E-state index in [1.54, 1.807) is 6.08 Å². The minimum absolute atomic E-state index is 0.106. The fourth-order valence-corrected chi connectivity index (χ4v) is 3.30. The van der Waals surface area contributed by atoms with E-state index in [1.807, 2.05) is 66.2 Å². The van der Waals surface area contributed by atoms with Crippen LogP contribution in [0.2, 0.25) is 0 Å². The molecule has 1 aromatic heterocycles. The first kappa shape index (κ1) is 20.9. The monoisotopic (exact) mass is 400 g/mol. The number of carbonyl (C=O) groups excluding carboxylic acids is 2. The van der Waals surface area contributed by atoms with Gasteiger partial charge in [0.05, 0.1) is 19.0 Å². The van der Waals surface area contributed by atoms with Crippen molar-refractivity contribution >= 4 is 34.5 Å². The Labute approximate surface area is 175 Å². The van der Waals surface area contributed by atoms with E-state index in [0.29, 0.717) is 13.0 Å². The van der Waals surface area contributed by atoms with Gasteiger partial charge in [0, 0.05) is 41.0 Å². The van der Waals surface area contributed by atoms with E-state index in [0.717, 1.165) is 34.1 Å². The predicted octanol–water partition coefficient (Wildman–Crippen LogP) is 3.89. The second kappa shape index (κ2) is 10.1. The van der Waals surface area contributed by atoms with Gasteiger partial charge in [-0.15, -0.1) is 0 Å². The minimum atomic E-state index is -0.345. The molecule has 152 valence electrons. The summed E-state index contributed by atoms with van der Waals surface area (Å²) in [5.74, 6) is -0.617. The molecule has 0 spiro atoms. The number of nitrogens with one attached hydrogen (secondary N) is 2. The Hall–Kier alpha value is -3.85. The molecule has 3 aromatic rings. The zero-order valence-electron chi connectivity index (χ0n) is 16.9. The summed E-state index contributed by atoms with van der Waals surface area (Å²) < 4.78 is 2.01. The smallest absolute Gasteiger partial charge is 0.244 e. The van der Waals surface area contributed by atoms with E-state index in [2.05, 4.69) is 16.7 Å². The number of aryl methyl sites for hydroxylation is 2. The number of nitriles is 1. The fourth-order valence-electron chi connectivity index (χ4n) is 3.30. The number of aromatic nitrogens is 1. The zero-order valence-corrected chi connectivity index (χ0v) is 16.9. The SMILES string of the molecule is CCc1ccccc1NC(=O)CNC(=O)/C=C/c1cn(CCC#N)c2ccccc12. The molecule has 30 heavy (non-hydrogen) atoms. The molecule has 0 aliphatic heterocycles. The highest BCUT2D eigenvalue weighted by Crippen LogP contribution is 2.22.